The SMILES string of the molecule is CCS(=O)CCN1CCCC(N)C1=O. The molecule has 2 atom stereocenters. The van der Waals surface area contributed by atoms with Crippen LogP contribution in [0.4, 0.5) is 0 Å². The lowest BCUT2D eigenvalue weighted by atomic mass is 10.1. The molecular weight excluding hydrogens is 200 g/mol. The van der Waals surface area contributed by atoms with Gasteiger partial charge in [-0.05, 0) is 12.8 Å². The van der Waals surface area contributed by atoms with Crippen molar-refractivity contribution in [2.75, 3.05) is 24.6 Å². The van der Waals surface area contributed by atoms with Crippen molar-refractivity contribution in [3.8, 4) is 0 Å². The zero-order chi connectivity index (χ0) is 10.6. The van der Waals surface area contributed by atoms with Crippen LogP contribution in [0.25, 0.3) is 0 Å². The van der Waals surface area contributed by atoms with E-state index in [4.69, 9.17) is 5.73 Å². The maximum Gasteiger partial charge on any atom is 0.239 e. The third-order valence-corrected chi connectivity index (χ3v) is 3.76. The first-order valence-electron chi connectivity index (χ1n) is 5.04. The molecule has 1 saturated heterocycles. The smallest absolute Gasteiger partial charge is 0.239 e. The Labute approximate surface area is 87.3 Å². The molecule has 0 radical (unpaired) electrons. The molecule has 1 heterocycles. The summed E-state index contributed by atoms with van der Waals surface area (Å²) < 4.78 is 11.2. The van der Waals surface area contributed by atoms with Crippen molar-refractivity contribution >= 4 is 16.7 Å². The summed E-state index contributed by atoms with van der Waals surface area (Å²) in [6.07, 6.45) is 1.75. The largest absolute Gasteiger partial charge is 0.340 e. The number of piperidine rings is 1. The highest BCUT2D eigenvalue weighted by atomic mass is 32.2. The van der Waals surface area contributed by atoms with Crippen molar-refractivity contribution < 1.29 is 9.00 Å². The summed E-state index contributed by atoms with van der Waals surface area (Å²) in [7, 11) is -0.790. The molecule has 0 aromatic heterocycles. The Hall–Kier alpha value is -0.420. The highest BCUT2D eigenvalue weighted by Gasteiger charge is 2.25. The van der Waals surface area contributed by atoms with Gasteiger partial charge in [-0.2, -0.15) is 0 Å². The van der Waals surface area contributed by atoms with Gasteiger partial charge in [0.2, 0.25) is 5.91 Å². The summed E-state index contributed by atoms with van der Waals surface area (Å²) in [6.45, 7) is 3.25. The molecule has 1 fully saturated rings. The Kier molecular flexibility index (Phi) is 4.54. The quantitative estimate of drug-likeness (QED) is 0.705. The highest BCUT2D eigenvalue weighted by molar-refractivity contribution is 7.84. The van der Waals surface area contributed by atoms with E-state index in [0.717, 1.165) is 19.4 Å². The van der Waals surface area contributed by atoms with E-state index < -0.39 is 10.8 Å². The van der Waals surface area contributed by atoms with Crippen molar-refractivity contribution in [2.45, 2.75) is 25.8 Å². The lowest BCUT2D eigenvalue weighted by Gasteiger charge is -2.30. The Morgan fingerprint density at radius 3 is 3.00 bits per heavy atom. The number of hydrogen-bond acceptors (Lipinski definition) is 3. The molecule has 0 bridgehead atoms. The number of hydrogen-bond donors (Lipinski definition) is 1. The Morgan fingerprint density at radius 1 is 1.64 bits per heavy atom. The maximum absolute atomic E-state index is 11.5. The minimum absolute atomic E-state index is 0.0179. The first-order chi connectivity index (χ1) is 6.65. The predicted octanol–water partition coefficient (Wildman–Crippen LogP) is -0.295. The molecule has 1 rings (SSSR count). The van der Waals surface area contributed by atoms with Crippen LogP contribution in [-0.2, 0) is 15.6 Å². The van der Waals surface area contributed by atoms with Crippen molar-refractivity contribution in [3.63, 3.8) is 0 Å². The molecule has 0 saturated carbocycles. The maximum atomic E-state index is 11.5. The number of carbonyl (C=O) groups excluding carboxylic acids is 1. The molecular formula is C9H18N2O2S. The second kappa shape index (κ2) is 5.46. The Balaban J connectivity index is 2.36. The van der Waals surface area contributed by atoms with Crippen molar-refractivity contribution in [3.05, 3.63) is 0 Å². The minimum atomic E-state index is -0.790. The van der Waals surface area contributed by atoms with Gasteiger partial charge in [-0.3, -0.25) is 9.00 Å². The summed E-state index contributed by atoms with van der Waals surface area (Å²) >= 11 is 0. The molecule has 1 amide bonds. The van der Waals surface area contributed by atoms with Gasteiger partial charge < -0.3 is 10.6 Å². The van der Waals surface area contributed by atoms with Crippen LogP contribution >= 0.6 is 0 Å². The van der Waals surface area contributed by atoms with Crippen LogP contribution in [0.5, 0.6) is 0 Å². The van der Waals surface area contributed by atoms with Gasteiger partial charge in [-0.25, -0.2) is 0 Å². The molecule has 2 unspecified atom stereocenters. The van der Waals surface area contributed by atoms with Crippen LogP contribution < -0.4 is 5.73 Å². The van der Waals surface area contributed by atoms with Gasteiger partial charge in [0, 0.05) is 35.4 Å². The van der Waals surface area contributed by atoms with E-state index in [0.29, 0.717) is 18.1 Å². The van der Waals surface area contributed by atoms with Gasteiger partial charge in [0.1, 0.15) is 0 Å². The van der Waals surface area contributed by atoms with Crippen LogP contribution in [-0.4, -0.2) is 45.7 Å². The zero-order valence-electron chi connectivity index (χ0n) is 8.57. The monoisotopic (exact) mass is 218 g/mol. The molecule has 0 aromatic rings. The summed E-state index contributed by atoms with van der Waals surface area (Å²) in [6, 6.07) is -0.334. The van der Waals surface area contributed by atoms with Crippen molar-refractivity contribution in [1.29, 1.82) is 0 Å². The fourth-order valence-electron chi connectivity index (χ4n) is 1.55. The second-order valence-electron chi connectivity index (χ2n) is 3.51. The average Bonchev–Trinajstić information content (AvgIpc) is 2.20. The molecule has 1 aliphatic rings. The summed E-state index contributed by atoms with van der Waals surface area (Å²) in [4.78, 5) is 13.3. The normalized spacial score (nSPS) is 25.1. The highest BCUT2D eigenvalue weighted by Crippen LogP contribution is 2.09. The van der Waals surface area contributed by atoms with E-state index in [1.807, 2.05) is 6.92 Å². The number of amides is 1. The van der Waals surface area contributed by atoms with Crippen molar-refractivity contribution in [2.24, 2.45) is 5.73 Å². The van der Waals surface area contributed by atoms with Crippen molar-refractivity contribution in [1.82, 2.24) is 4.90 Å². The molecule has 0 aromatic carbocycles. The van der Waals surface area contributed by atoms with E-state index in [9.17, 15) is 9.00 Å². The standard InChI is InChI=1S/C9H18N2O2S/c1-2-14(13)7-6-11-5-3-4-8(10)9(11)12/h8H,2-7,10H2,1H3. The molecule has 2 N–H and O–H groups in total. The number of carbonyl (C=O) groups is 1. The number of rotatable bonds is 4. The van der Waals surface area contributed by atoms with Crippen LogP contribution in [0, 0.1) is 0 Å². The first kappa shape index (κ1) is 11.7. The minimum Gasteiger partial charge on any atom is -0.340 e. The Bertz CT molecular complexity index is 233. The zero-order valence-corrected chi connectivity index (χ0v) is 9.39. The molecule has 14 heavy (non-hydrogen) atoms. The van der Waals surface area contributed by atoms with Gasteiger partial charge in [0.15, 0.2) is 0 Å². The van der Waals surface area contributed by atoms with Gasteiger partial charge in [0.05, 0.1) is 6.04 Å². The van der Waals surface area contributed by atoms with Gasteiger partial charge in [0.25, 0.3) is 0 Å². The molecule has 5 heteroatoms. The van der Waals surface area contributed by atoms with E-state index in [1.54, 1.807) is 4.90 Å². The Morgan fingerprint density at radius 2 is 2.36 bits per heavy atom. The average molecular weight is 218 g/mol. The van der Waals surface area contributed by atoms with Gasteiger partial charge in [-0.1, -0.05) is 6.92 Å². The molecule has 0 aliphatic carbocycles. The summed E-state index contributed by atoms with van der Waals surface area (Å²) in [5.41, 5.74) is 5.64. The third-order valence-electron chi connectivity index (χ3n) is 2.48. The molecule has 0 spiro atoms. The van der Waals surface area contributed by atoms with E-state index in [2.05, 4.69) is 0 Å². The summed E-state index contributed by atoms with van der Waals surface area (Å²) in [5, 5.41) is 0. The van der Waals surface area contributed by atoms with E-state index in [1.165, 1.54) is 0 Å². The van der Waals surface area contributed by atoms with Crippen LogP contribution in [0.2, 0.25) is 0 Å². The topological polar surface area (TPSA) is 63.4 Å². The predicted molar refractivity (Wildman–Crippen MR) is 57.3 cm³/mol. The number of nitrogens with zero attached hydrogens (tertiary/aromatic N) is 1. The molecule has 4 nitrogen and oxygen atoms in total. The van der Waals surface area contributed by atoms with E-state index in [-0.39, 0.29) is 11.9 Å². The van der Waals surface area contributed by atoms with Crippen LogP contribution in [0.15, 0.2) is 0 Å². The van der Waals surface area contributed by atoms with Crippen LogP contribution in [0.1, 0.15) is 19.8 Å². The second-order valence-corrected chi connectivity index (χ2v) is 5.37. The first-order valence-corrected chi connectivity index (χ1v) is 6.53. The van der Waals surface area contributed by atoms with Gasteiger partial charge >= 0.3 is 0 Å². The van der Waals surface area contributed by atoms with Gasteiger partial charge in [-0.15, -0.1) is 0 Å². The summed E-state index contributed by atoms with van der Waals surface area (Å²) in [5.74, 6) is 1.26. The fraction of sp³-hybridized carbons (Fsp3) is 0.889. The van der Waals surface area contributed by atoms with E-state index >= 15 is 0 Å². The number of nitrogens with two attached hydrogens (primary N) is 1. The van der Waals surface area contributed by atoms with Crippen LogP contribution in [0.3, 0.4) is 0 Å². The molecule has 82 valence electrons. The fourth-order valence-corrected chi connectivity index (χ4v) is 2.26. The number of likely N-dealkylation sites (tertiary alicyclic amines) is 1. The lowest BCUT2D eigenvalue weighted by molar-refractivity contribution is -0.134. The lowest BCUT2D eigenvalue weighted by Crippen LogP contribution is -2.49. The third kappa shape index (κ3) is 3.06. The molecule has 1 aliphatic heterocycles.